The smallest absolute Gasteiger partial charge is 0.320 e. The van der Waals surface area contributed by atoms with E-state index in [1.54, 1.807) is 0 Å². The third kappa shape index (κ3) is 1.72. The molecule has 0 aromatic carbocycles. The van der Waals surface area contributed by atoms with Crippen LogP contribution < -0.4 is 5.73 Å². The molecule has 0 aromatic heterocycles. The van der Waals surface area contributed by atoms with E-state index in [9.17, 15) is 4.79 Å². The Balaban J connectivity index is 3.26. The van der Waals surface area contributed by atoms with E-state index in [4.69, 9.17) is 10.8 Å². The Labute approximate surface area is 35.8 Å². The van der Waals surface area contributed by atoms with Crippen molar-refractivity contribution in [2.75, 3.05) is 0 Å². The third-order valence-electron chi connectivity index (χ3n) is 0.390. The van der Waals surface area contributed by atoms with Gasteiger partial charge in [-0.25, -0.2) is 0 Å². The highest BCUT2D eigenvalue weighted by molar-refractivity contribution is 5.72. The SMILES string of the molecule is C[C@H]([15NH2])C(=O)O. The van der Waals surface area contributed by atoms with E-state index >= 15 is 0 Å². The highest BCUT2D eigenvalue weighted by Crippen LogP contribution is 1.68. The molecule has 0 saturated carbocycles. The van der Waals surface area contributed by atoms with Crippen LogP contribution >= 0.6 is 0 Å². The number of carbonyl (C=O) groups is 1. The van der Waals surface area contributed by atoms with E-state index in [0.717, 1.165) is 0 Å². The number of carboxylic acids is 1. The minimum Gasteiger partial charge on any atom is -0.480 e. The molecule has 0 heterocycles. The zero-order chi connectivity index (χ0) is 5.15. The Morgan fingerprint density at radius 2 is 2.17 bits per heavy atom. The first-order valence-electron chi connectivity index (χ1n) is 1.63. The number of aliphatic carboxylic acids is 1. The fourth-order valence-electron chi connectivity index (χ4n) is 0. The van der Waals surface area contributed by atoms with Gasteiger partial charge in [0.1, 0.15) is 6.04 Å². The van der Waals surface area contributed by atoms with Crippen LogP contribution in [0.4, 0.5) is 0 Å². The van der Waals surface area contributed by atoms with Crippen molar-refractivity contribution in [1.82, 2.24) is 0 Å². The summed E-state index contributed by atoms with van der Waals surface area (Å²) in [6, 6.07) is -0.731. The van der Waals surface area contributed by atoms with Crippen molar-refractivity contribution < 1.29 is 9.90 Å². The summed E-state index contributed by atoms with van der Waals surface area (Å²) in [6.07, 6.45) is 0. The molecule has 3 heteroatoms. The van der Waals surface area contributed by atoms with E-state index < -0.39 is 12.0 Å². The number of nitrogens with two attached hydrogens (primary N) is 1. The van der Waals surface area contributed by atoms with Gasteiger partial charge >= 0.3 is 5.97 Å². The molecule has 1 atom stereocenters. The lowest BCUT2D eigenvalue weighted by Gasteiger charge is -1.90. The van der Waals surface area contributed by atoms with Crippen molar-refractivity contribution in [2.45, 2.75) is 13.0 Å². The van der Waals surface area contributed by atoms with Crippen molar-refractivity contribution in [1.29, 1.82) is 0 Å². The van der Waals surface area contributed by atoms with Gasteiger partial charge in [0.25, 0.3) is 0 Å². The first-order chi connectivity index (χ1) is 2.64. The molecule has 0 amide bonds. The minimum absolute atomic E-state index is 0.731. The summed E-state index contributed by atoms with van der Waals surface area (Å²) in [5.41, 5.74) is 4.84. The summed E-state index contributed by atoms with van der Waals surface area (Å²) < 4.78 is 0. The van der Waals surface area contributed by atoms with Crippen LogP contribution in [-0.4, -0.2) is 17.1 Å². The number of hydrogen-bond acceptors (Lipinski definition) is 2. The summed E-state index contributed by atoms with van der Waals surface area (Å²) in [6.45, 7) is 1.42. The van der Waals surface area contributed by atoms with Gasteiger partial charge in [-0.15, -0.1) is 0 Å². The van der Waals surface area contributed by atoms with Crippen LogP contribution in [0.25, 0.3) is 0 Å². The van der Waals surface area contributed by atoms with E-state index in [-0.39, 0.29) is 0 Å². The molecular formula is C3H7NO2. The average molecular weight is 90.1 g/mol. The predicted octanol–water partition coefficient (Wildman–Crippen LogP) is -0.582. The van der Waals surface area contributed by atoms with Gasteiger partial charge in [0.2, 0.25) is 0 Å². The monoisotopic (exact) mass is 90.0 g/mol. The van der Waals surface area contributed by atoms with Crippen molar-refractivity contribution in [3.63, 3.8) is 0 Å². The van der Waals surface area contributed by atoms with Gasteiger partial charge < -0.3 is 10.8 Å². The molecule has 0 saturated heterocycles. The van der Waals surface area contributed by atoms with Crippen LogP contribution in [0, 0.1) is 0 Å². The number of rotatable bonds is 1. The van der Waals surface area contributed by atoms with Gasteiger partial charge in [-0.1, -0.05) is 0 Å². The van der Waals surface area contributed by atoms with Crippen LogP contribution in [0.5, 0.6) is 0 Å². The van der Waals surface area contributed by atoms with Crippen LogP contribution in [0.2, 0.25) is 0 Å². The third-order valence-corrected chi connectivity index (χ3v) is 0.390. The molecule has 0 aliphatic heterocycles. The van der Waals surface area contributed by atoms with Gasteiger partial charge in [0, 0.05) is 0 Å². The normalized spacial score (nSPS) is 13.7. The lowest BCUT2D eigenvalue weighted by atomic mass is 10.4. The van der Waals surface area contributed by atoms with Crippen molar-refractivity contribution in [3.05, 3.63) is 0 Å². The molecule has 3 N–H and O–H groups in total. The largest absolute Gasteiger partial charge is 0.480 e. The molecule has 0 aromatic rings. The van der Waals surface area contributed by atoms with Gasteiger partial charge in [0.05, 0.1) is 0 Å². The fourth-order valence-corrected chi connectivity index (χ4v) is 0. The molecule has 0 aliphatic rings. The van der Waals surface area contributed by atoms with Crippen molar-refractivity contribution in [2.24, 2.45) is 5.73 Å². The summed E-state index contributed by atoms with van der Waals surface area (Å²) >= 11 is 0. The zero-order valence-electron chi connectivity index (χ0n) is 3.51. The fraction of sp³-hybridized carbons (Fsp3) is 0.667. The van der Waals surface area contributed by atoms with Crippen LogP contribution in [0.3, 0.4) is 0 Å². The summed E-state index contributed by atoms with van der Waals surface area (Å²) in [4.78, 5) is 9.57. The average Bonchev–Trinajstić information content (AvgIpc) is 1.36. The molecule has 0 aliphatic carbocycles. The topological polar surface area (TPSA) is 63.3 Å². The molecule has 3 nitrogen and oxygen atoms in total. The maximum absolute atomic E-state index is 9.57. The van der Waals surface area contributed by atoms with Crippen LogP contribution in [0.1, 0.15) is 6.92 Å². The number of hydrogen-bond donors (Lipinski definition) is 2. The highest BCUT2D eigenvalue weighted by atomic mass is 16.4. The van der Waals surface area contributed by atoms with Crippen LogP contribution in [0.15, 0.2) is 0 Å². The molecule has 0 unspecified atom stereocenters. The Morgan fingerprint density at radius 3 is 2.17 bits per heavy atom. The van der Waals surface area contributed by atoms with E-state index in [0.29, 0.717) is 0 Å². The molecule has 0 spiro atoms. The zero-order valence-corrected chi connectivity index (χ0v) is 3.51. The first-order valence-corrected chi connectivity index (χ1v) is 1.63. The Kier molecular flexibility index (Phi) is 1.60. The molecule has 0 fully saturated rings. The quantitative estimate of drug-likeness (QED) is 0.423. The first kappa shape index (κ1) is 5.43. The maximum atomic E-state index is 9.57. The van der Waals surface area contributed by atoms with Crippen LogP contribution in [-0.2, 0) is 4.79 Å². The molecular weight excluding hydrogens is 83.0 g/mol. The summed E-state index contributed by atoms with van der Waals surface area (Å²) in [5, 5.41) is 7.87. The van der Waals surface area contributed by atoms with Gasteiger partial charge in [-0.2, -0.15) is 0 Å². The Hall–Kier alpha value is -0.570. The summed E-state index contributed by atoms with van der Waals surface area (Å²) in [5.74, 6) is -0.963. The maximum Gasteiger partial charge on any atom is 0.320 e. The standard InChI is InChI=1S/C3H7NO2/c1-2(4)3(5)6/h2H,4H2,1H3,(H,5,6)/t2-/m0/s1/i4+1. The van der Waals surface area contributed by atoms with Crippen molar-refractivity contribution in [3.8, 4) is 0 Å². The second-order valence-electron chi connectivity index (χ2n) is 1.13. The predicted molar refractivity (Wildman–Crippen MR) is 21.3 cm³/mol. The van der Waals surface area contributed by atoms with E-state index in [1.165, 1.54) is 6.92 Å². The molecule has 0 rings (SSSR count). The van der Waals surface area contributed by atoms with Gasteiger partial charge in [-0.05, 0) is 6.92 Å². The lowest BCUT2D eigenvalue weighted by Crippen LogP contribution is -2.25. The van der Waals surface area contributed by atoms with E-state index in [1.807, 2.05) is 0 Å². The highest BCUT2D eigenvalue weighted by Gasteiger charge is 1.99. The minimum atomic E-state index is -0.963. The lowest BCUT2D eigenvalue weighted by molar-refractivity contribution is -0.138. The molecule has 36 valence electrons. The van der Waals surface area contributed by atoms with E-state index in [2.05, 4.69) is 0 Å². The van der Waals surface area contributed by atoms with Crippen molar-refractivity contribution >= 4 is 5.97 Å². The Bertz CT molecular complexity index is 59.8. The van der Waals surface area contributed by atoms with Gasteiger partial charge in [-0.3, -0.25) is 4.79 Å². The number of carboxylic acid groups (broad SMARTS) is 1. The molecule has 0 radical (unpaired) electrons. The summed E-state index contributed by atoms with van der Waals surface area (Å²) in [7, 11) is 0. The second kappa shape index (κ2) is 1.77. The van der Waals surface area contributed by atoms with Gasteiger partial charge in [0.15, 0.2) is 0 Å². The Morgan fingerprint density at radius 1 is 2.00 bits per heavy atom. The molecule has 6 heavy (non-hydrogen) atoms. The second-order valence-corrected chi connectivity index (χ2v) is 1.13. The molecule has 0 bridgehead atoms.